The maximum Gasteiger partial charge on any atom is 4.00 e. The molecule has 0 aliphatic carbocycles. The third-order valence-electron chi connectivity index (χ3n) is 1.24. The fourth-order valence-corrected chi connectivity index (χ4v) is 0.455. The van der Waals surface area contributed by atoms with Crippen LogP contribution in [0, 0.1) is 6.58 Å². The van der Waals surface area contributed by atoms with E-state index in [1.165, 1.54) is 5.57 Å². The molecule has 0 rings (SSSR count). The molecule has 0 radical (unpaired) electrons. The standard InChI is InChI=1S/C7H11.C6H10.3C2H6N.Ti/c1-6(2)5-7(3)4;1-5(2)6(3)4;3*1-3-2;/h1,5H,2-4H3;1,3H2,2,4H3;3*1-2H3;/q-1;;3*-1;+4. The first-order valence-corrected chi connectivity index (χ1v) is 7.01. The Morgan fingerprint density at radius 3 is 0.870 bits per heavy atom. The number of rotatable bonds is 2. The summed E-state index contributed by atoms with van der Waals surface area (Å²) in [5.74, 6) is 0. The van der Waals surface area contributed by atoms with E-state index in [0.29, 0.717) is 0 Å². The average Bonchev–Trinajstić information content (AvgIpc) is 2.30. The first kappa shape index (κ1) is 38.2. The molecule has 23 heavy (non-hydrogen) atoms. The van der Waals surface area contributed by atoms with Gasteiger partial charge in [-0.3, -0.25) is 6.58 Å². The molecule has 3 nitrogen and oxygen atoms in total. The van der Waals surface area contributed by atoms with Crippen molar-refractivity contribution in [3.63, 3.8) is 0 Å². The molecule has 0 heterocycles. The number of allylic oxidation sites excluding steroid dienone is 5. The summed E-state index contributed by atoms with van der Waals surface area (Å²) >= 11 is 0. The Morgan fingerprint density at radius 2 is 0.870 bits per heavy atom. The van der Waals surface area contributed by atoms with Gasteiger partial charge in [0.2, 0.25) is 0 Å². The molecule has 0 unspecified atom stereocenters. The van der Waals surface area contributed by atoms with Gasteiger partial charge in [-0.25, -0.2) is 11.6 Å². The van der Waals surface area contributed by atoms with Crippen LogP contribution in [0.4, 0.5) is 0 Å². The van der Waals surface area contributed by atoms with Crippen molar-refractivity contribution in [3.05, 3.63) is 64.1 Å². The van der Waals surface area contributed by atoms with Crippen LogP contribution in [0.25, 0.3) is 16.0 Å². The normalized spacial score (nSPS) is 6.74. The van der Waals surface area contributed by atoms with Gasteiger partial charge in [-0.15, -0.1) is 0 Å². The van der Waals surface area contributed by atoms with E-state index in [0.717, 1.165) is 16.7 Å². The van der Waals surface area contributed by atoms with E-state index >= 15 is 0 Å². The summed E-state index contributed by atoms with van der Waals surface area (Å²) in [5.41, 5.74) is 4.25. The van der Waals surface area contributed by atoms with Gasteiger partial charge in [0.1, 0.15) is 0 Å². The van der Waals surface area contributed by atoms with Crippen molar-refractivity contribution in [3.8, 4) is 0 Å². The molecule has 0 aliphatic rings. The van der Waals surface area contributed by atoms with Crippen LogP contribution in [0.2, 0.25) is 0 Å². The zero-order valence-electron chi connectivity index (χ0n) is 17.4. The second kappa shape index (κ2) is 37.6. The largest absolute Gasteiger partial charge is 4.00 e. The molecule has 0 aromatic heterocycles. The third-order valence-corrected chi connectivity index (χ3v) is 1.24. The monoisotopic (exact) mass is 357 g/mol. The first-order valence-electron chi connectivity index (χ1n) is 7.01. The summed E-state index contributed by atoms with van der Waals surface area (Å²) in [6.07, 6.45) is 1.94. The van der Waals surface area contributed by atoms with E-state index < -0.39 is 0 Å². The van der Waals surface area contributed by atoms with Crippen LogP contribution in [0.15, 0.2) is 41.5 Å². The Bertz CT molecular complexity index is 262. The van der Waals surface area contributed by atoms with E-state index in [2.05, 4.69) is 29.1 Å². The first-order chi connectivity index (χ1) is 10.0. The summed E-state index contributed by atoms with van der Waals surface area (Å²) in [5, 5.41) is 10.5. The van der Waals surface area contributed by atoms with Gasteiger partial charge >= 0.3 is 21.7 Å². The molecule has 0 N–H and O–H groups in total. The number of hydrogen-bond acceptors (Lipinski definition) is 0. The van der Waals surface area contributed by atoms with Gasteiger partial charge in [0, 0.05) is 0 Å². The number of nitrogens with zero attached hydrogens (tertiary/aromatic N) is 3. The van der Waals surface area contributed by atoms with Crippen LogP contribution in [-0.4, -0.2) is 42.3 Å². The molecular weight excluding hydrogens is 318 g/mol. The van der Waals surface area contributed by atoms with E-state index in [4.69, 9.17) is 6.58 Å². The minimum atomic E-state index is 0. The average molecular weight is 357 g/mol. The van der Waals surface area contributed by atoms with Crippen LogP contribution < -0.4 is 0 Å². The van der Waals surface area contributed by atoms with Crippen LogP contribution in [0.5, 0.6) is 0 Å². The topological polar surface area (TPSA) is 42.3 Å². The van der Waals surface area contributed by atoms with Crippen LogP contribution in [0.3, 0.4) is 0 Å². The Balaban J connectivity index is -0.0000000412. The summed E-state index contributed by atoms with van der Waals surface area (Å²) in [6, 6.07) is 0. The van der Waals surface area contributed by atoms with Crippen molar-refractivity contribution < 1.29 is 21.7 Å². The fourth-order valence-electron chi connectivity index (χ4n) is 0.455. The molecular formula is C19H39N3Ti. The van der Waals surface area contributed by atoms with E-state index in [9.17, 15) is 0 Å². The Kier molecular flexibility index (Phi) is 62.6. The molecule has 0 saturated heterocycles. The van der Waals surface area contributed by atoms with Gasteiger partial charge in [0.15, 0.2) is 0 Å². The Labute approximate surface area is 162 Å². The van der Waals surface area contributed by atoms with Crippen LogP contribution in [0.1, 0.15) is 34.6 Å². The van der Waals surface area contributed by atoms with Crippen LogP contribution in [-0.2, 0) is 21.7 Å². The molecule has 4 heteroatoms. The van der Waals surface area contributed by atoms with Gasteiger partial charge < -0.3 is 16.0 Å². The molecule has 0 bridgehead atoms. The van der Waals surface area contributed by atoms with Crippen molar-refractivity contribution in [2.24, 2.45) is 0 Å². The van der Waals surface area contributed by atoms with E-state index in [1.54, 1.807) is 42.3 Å². The number of hydrogen-bond donors (Lipinski definition) is 0. The van der Waals surface area contributed by atoms with Gasteiger partial charge in [0.25, 0.3) is 0 Å². The van der Waals surface area contributed by atoms with Gasteiger partial charge in [-0.1, -0.05) is 45.1 Å². The van der Waals surface area contributed by atoms with E-state index in [1.807, 2.05) is 40.7 Å². The minimum Gasteiger partial charge on any atom is -0.668 e. The second-order valence-electron chi connectivity index (χ2n) is 4.87. The zero-order chi connectivity index (χ0) is 19.1. The smallest absolute Gasteiger partial charge is 0.668 e. The van der Waals surface area contributed by atoms with Crippen molar-refractivity contribution in [1.82, 2.24) is 0 Å². The molecule has 0 fully saturated rings. The zero-order valence-corrected chi connectivity index (χ0v) is 19.0. The fraction of sp³-hybridized carbons (Fsp3) is 0.579. The maximum atomic E-state index is 5.33. The van der Waals surface area contributed by atoms with Gasteiger partial charge in [0.05, 0.1) is 0 Å². The predicted molar refractivity (Wildman–Crippen MR) is 108 cm³/mol. The second-order valence-corrected chi connectivity index (χ2v) is 4.87. The Morgan fingerprint density at radius 1 is 0.696 bits per heavy atom. The summed E-state index contributed by atoms with van der Waals surface area (Å²) in [7, 11) is 10.5. The molecule has 0 aromatic carbocycles. The van der Waals surface area contributed by atoms with Crippen molar-refractivity contribution in [2.75, 3.05) is 42.3 Å². The van der Waals surface area contributed by atoms with Crippen LogP contribution >= 0.6 is 0 Å². The quantitative estimate of drug-likeness (QED) is 0.315. The van der Waals surface area contributed by atoms with Crippen molar-refractivity contribution in [2.45, 2.75) is 34.6 Å². The van der Waals surface area contributed by atoms with Crippen molar-refractivity contribution in [1.29, 1.82) is 0 Å². The molecule has 0 aromatic rings. The van der Waals surface area contributed by atoms with Gasteiger partial charge in [-0.2, -0.15) is 47.9 Å². The minimum absolute atomic E-state index is 0. The summed E-state index contributed by atoms with van der Waals surface area (Å²) in [4.78, 5) is 0. The molecule has 0 amide bonds. The van der Waals surface area contributed by atoms with Gasteiger partial charge in [-0.05, 0) is 13.8 Å². The summed E-state index contributed by atoms with van der Waals surface area (Å²) in [6.45, 7) is 22.5. The third kappa shape index (κ3) is 144. The molecule has 0 spiro atoms. The maximum absolute atomic E-state index is 5.33. The SMILES string of the molecule is C=C(C)C(=C)C.C[N-]C.C[N-]C.C[N-]C.[CH-]=C(C)C=C(C)C.[Ti+4]. The summed E-state index contributed by atoms with van der Waals surface area (Å²) < 4.78 is 0. The molecule has 134 valence electrons. The molecule has 0 saturated carbocycles. The predicted octanol–water partition coefficient (Wildman–Crippen LogP) is 6.33. The molecule has 0 atom stereocenters. The van der Waals surface area contributed by atoms with E-state index in [-0.39, 0.29) is 21.7 Å². The Hall–Kier alpha value is -0.446. The molecule has 0 aliphatic heterocycles. The van der Waals surface area contributed by atoms with Crippen molar-refractivity contribution >= 4 is 0 Å².